The molecular weight excluding hydrogens is 329 g/mol. The van der Waals surface area contributed by atoms with Crippen LogP contribution in [0, 0.1) is 13.8 Å². The summed E-state index contributed by atoms with van der Waals surface area (Å²) in [4.78, 5) is 11.2. The number of alkyl halides is 1. The maximum absolute atomic E-state index is 11.2. The van der Waals surface area contributed by atoms with Gasteiger partial charge in [0.15, 0.2) is 0 Å². The van der Waals surface area contributed by atoms with Crippen LogP contribution in [-0.4, -0.2) is 23.5 Å². The summed E-state index contributed by atoms with van der Waals surface area (Å²) in [6.07, 6.45) is 0. The zero-order chi connectivity index (χ0) is 12.8. The van der Waals surface area contributed by atoms with Gasteiger partial charge in [-0.2, -0.15) is 0 Å². The molecule has 1 aromatic carbocycles. The number of esters is 1. The van der Waals surface area contributed by atoms with Crippen LogP contribution in [0.25, 0.3) is 0 Å². The lowest BCUT2D eigenvalue weighted by Gasteiger charge is -2.12. The Bertz CT molecular complexity index is 373. The van der Waals surface area contributed by atoms with E-state index in [1.165, 1.54) is 23.8 Å². The SMILES string of the molecule is COC(=O)C(I)CNCc1c(C)cccc1C. The third-order valence-electron chi connectivity index (χ3n) is 2.73. The van der Waals surface area contributed by atoms with Gasteiger partial charge >= 0.3 is 5.97 Å². The topological polar surface area (TPSA) is 38.3 Å². The molecule has 0 amide bonds. The molecule has 3 nitrogen and oxygen atoms in total. The normalized spacial score (nSPS) is 12.2. The number of ether oxygens (including phenoxy) is 1. The Balaban J connectivity index is 2.49. The van der Waals surface area contributed by atoms with Crippen molar-refractivity contribution in [3.8, 4) is 0 Å². The highest BCUT2D eigenvalue weighted by molar-refractivity contribution is 14.1. The lowest BCUT2D eigenvalue weighted by Crippen LogP contribution is -2.29. The van der Waals surface area contributed by atoms with Gasteiger partial charge in [0, 0.05) is 13.1 Å². The van der Waals surface area contributed by atoms with Gasteiger partial charge < -0.3 is 10.1 Å². The van der Waals surface area contributed by atoms with Crippen LogP contribution in [0.4, 0.5) is 0 Å². The van der Waals surface area contributed by atoms with Crippen molar-refractivity contribution in [1.29, 1.82) is 0 Å². The summed E-state index contributed by atoms with van der Waals surface area (Å²) in [5.41, 5.74) is 3.86. The van der Waals surface area contributed by atoms with Crippen LogP contribution in [0.5, 0.6) is 0 Å². The molecule has 0 radical (unpaired) electrons. The Labute approximate surface area is 116 Å². The second kappa shape index (κ2) is 6.96. The third kappa shape index (κ3) is 4.27. The summed E-state index contributed by atoms with van der Waals surface area (Å²) in [5.74, 6) is -0.181. The monoisotopic (exact) mass is 347 g/mol. The molecule has 0 saturated carbocycles. The number of hydrogen-bond acceptors (Lipinski definition) is 3. The number of carbonyl (C=O) groups is 1. The van der Waals surface area contributed by atoms with Crippen LogP contribution < -0.4 is 5.32 Å². The van der Waals surface area contributed by atoms with Crippen molar-refractivity contribution >= 4 is 28.6 Å². The van der Waals surface area contributed by atoms with Crippen LogP contribution >= 0.6 is 22.6 Å². The standard InChI is InChI=1S/C13H18INO2/c1-9-5-4-6-10(2)11(9)7-15-8-12(14)13(16)17-3/h4-6,12,15H,7-8H2,1-3H3. The molecule has 1 aromatic rings. The summed E-state index contributed by atoms with van der Waals surface area (Å²) < 4.78 is 4.54. The molecule has 0 aliphatic carbocycles. The first-order chi connectivity index (χ1) is 8.06. The lowest BCUT2D eigenvalue weighted by atomic mass is 10.0. The molecule has 0 spiro atoms. The summed E-state index contributed by atoms with van der Waals surface area (Å²) in [5, 5.41) is 3.29. The fraction of sp³-hybridized carbons (Fsp3) is 0.462. The molecule has 0 aliphatic rings. The maximum atomic E-state index is 11.2. The van der Waals surface area contributed by atoms with Crippen molar-refractivity contribution in [2.45, 2.75) is 24.3 Å². The van der Waals surface area contributed by atoms with Gasteiger partial charge in [-0.25, -0.2) is 0 Å². The first-order valence-electron chi connectivity index (χ1n) is 5.54. The molecule has 0 bridgehead atoms. The number of hydrogen-bond donors (Lipinski definition) is 1. The molecule has 94 valence electrons. The van der Waals surface area contributed by atoms with Gasteiger partial charge in [-0.3, -0.25) is 4.79 Å². The fourth-order valence-corrected chi connectivity index (χ4v) is 2.23. The molecule has 0 aromatic heterocycles. The Morgan fingerprint density at radius 3 is 2.53 bits per heavy atom. The molecule has 1 rings (SSSR count). The van der Waals surface area contributed by atoms with Gasteiger partial charge in [0.25, 0.3) is 0 Å². The van der Waals surface area contributed by atoms with Crippen molar-refractivity contribution in [3.63, 3.8) is 0 Å². The quantitative estimate of drug-likeness (QED) is 0.505. The van der Waals surface area contributed by atoms with Crippen molar-refractivity contribution in [2.24, 2.45) is 0 Å². The number of carbonyl (C=O) groups excluding carboxylic acids is 1. The van der Waals surface area contributed by atoms with E-state index in [1.807, 2.05) is 0 Å². The molecule has 17 heavy (non-hydrogen) atoms. The van der Waals surface area contributed by atoms with E-state index in [9.17, 15) is 4.79 Å². The highest BCUT2D eigenvalue weighted by atomic mass is 127. The first kappa shape index (κ1) is 14.4. The zero-order valence-corrected chi connectivity index (χ0v) is 12.6. The minimum atomic E-state index is -0.181. The predicted molar refractivity (Wildman–Crippen MR) is 77.4 cm³/mol. The zero-order valence-electron chi connectivity index (χ0n) is 10.4. The molecule has 1 unspecified atom stereocenters. The van der Waals surface area contributed by atoms with E-state index in [0.717, 1.165) is 6.54 Å². The lowest BCUT2D eigenvalue weighted by molar-refractivity contribution is -0.139. The van der Waals surface area contributed by atoms with E-state index < -0.39 is 0 Å². The number of nitrogens with one attached hydrogen (secondary N) is 1. The van der Waals surface area contributed by atoms with Crippen molar-refractivity contribution < 1.29 is 9.53 Å². The van der Waals surface area contributed by atoms with Crippen LogP contribution in [0.1, 0.15) is 16.7 Å². The van der Waals surface area contributed by atoms with Gasteiger partial charge in [-0.1, -0.05) is 40.8 Å². The van der Waals surface area contributed by atoms with Crippen molar-refractivity contribution in [2.75, 3.05) is 13.7 Å². The van der Waals surface area contributed by atoms with Gasteiger partial charge in [0.1, 0.15) is 3.92 Å². The van der Waals surface area contributed by atoms with Crippen molar-refractivity contribution in [3.05, 3.63) is 34.9 Å². The number of methoxy groups -OCH3 is 1. The van der Waals surface area contributed by atoms with Gasteiger partial charge in [-0.05, 0) is 30.5 Å². The largest absolute Gasteiger partial charge is 0.468 e. The number of benzene rings is 1. The maximum Gasteiger partial charge on any atom is 0.319 e. The van der Waals surface area contributed by atoms with E-state index in [-0.39, 0.29) is 9.89 Å². The third-order valence-corrected chi connectivity index (χ3v) is 3.68. The van der Waals surface area contributed by atoms with Crippen LogP contribution in [0.3, 0.4) is 0 Å². The number of halogens is 1. The molecule has 0 saturated heterocycles. The average molecular weight is 347 g/mol. The van der Waals surface area contributed by atoms with Gasteiger partial charge in [0.2, 0.25) is 0 Å². The summed E-state index contributed by atoms with van der Waals surface area (Å²) in [6, 6.07) is 6.27. The Morgan fingerprint density at radius 2 is 2.00 bits per heavy atom. The molecule has 0 heterocycles. The first-order valence-corrected chi connectivity index (χ1v) is 6.78. The molecule has 0 aliphatic heterocycles. The molecule has 4 heteroatoms. The van der Waals surface area contributed by atoms with Crippen molar-refractivity contribution in [1.82, 2.24) is 5.32 Å². The summed E-state index contributed by atoms with van der Waals surface area (Å²) >= 11 is 2.09. The van der Waals surface area contributed by atoms with Crippen LogP contribution in [0.2, 0.25) is 0 Å². The Morgan fingerprint density at radius 1 is 1.41 bits per heavy atom. The smallest absolute Gasteiger partial charge is 0.319 e. The highest BCUT2D eigenvalue weighted by Crippen LogP contribution is 2.13. The number of aryl methyl sites for hydroxylation is 2. The summed E-state index contributed by atoms with van der Waals surface area (Å²) in [7, 11) is 1.42. The van der Waals surface area contributed by atoms with Gasteiger partial charge in [0.05, 0.1) is 7.11 Å². The van der Waals surface area contributed by atoms with Crippen LogP contribution in [0.15, 0.2) is 18.2 Å². The summed E-state index contributed by atoms with van der Waals surface area (Å²) in [6.45, 7) is 5.62. The fourth-order valence-electron chi connectivity index (χ4n) is 1.66. The number of rotatable bonds is 5. The minimum absolute atomic E-state index is 0.137. The van der Waals surface area contributed by atoms with E-state index in [1.54, 1.807) is 0 Å². The van der Waals surface area contributed by atoms with Gasteiger partial charge in [-0.15, -0.1) is 0 Å². The van der Waals surface area contributed by atoms with E-state index in [2.05, 4.69) is 64.7 Å². The Hall–Kier alpha value is -0.620. The molecular formula is C13H18INO2. The second-order valence-corrected chi connectivity index (χ2v) is 5.50. The van der Waals surface area contributed by atoms with Crippen LogP contribution in [-0.2, 0) is 16.1 Å². The predicted octanol–water partition coefficient (Wildman–Crippen LogP) is 2.37. The average Bonchev–Trinajstić information content (AvgIpc) is 2.31. The van der Waals surface area contributed by atoms with E-state index in [0.29, 0.717) is 6.54 Å². The molecule has 1 atom stereocenters. The van der Waals surface area contributed by atoms with E-state index >= 15 is 0 Å². The highest BCUT2D eigenvalue weighted by Gasteiger charge is 2.14. The van der Waals surface area contributed by atoms with E-state index in [4.69, 9.17) is 0 Å². The minimum Gasteiger partial charge on any atom is -0.468 e. The Kier molecular flexibility index (Phi) is 5.91. The molecule has 1 N–H and O–H groups in total. The molecule has 0 fully saturated rings. The second-order valence-electron chi connectivity index (χ2n) is 3.99.